The molecular weight excluding hydrogens is 446 g/mol. The van der Waals surface area contributed by atoms with Gasteiger partial charge in [0.25, 0.3) is 5.91 Å². The molecule has 2 aliphatic heterocycles. The highest BCUT2D eigenvalue weighted by Crippen LogP contribution is 2.35. The van der Waals surface area contributed by atoms with Gasteiger partial charge in [-0.15, -0.1) is 0 Å². The fourth-order valence-electron chi connectivity index (χ4n) is 5.89. The molecule has 9 nitrogen and oxygen atoms in total. The first-order chi connectivity index (χ1) is 17.1. The normalized spacial score (nSPS) is 27.3. The molecule has 2 N–H and O–H groups in total. The van der Waals surface area contributed by atoms with Gasteiger partial charge in [0.1, 0.15) is 11.9 Å². The zero-order valence-corrected chi connectivity index (χ0v) is 19.3. The number of fused-ring (bicyclic) bond motifs is 2. The van der Waals surface area contributed by atoms with Crippen molar-refractivity contribution in [2.45, 2.75) is 56.7 Å². The van der Waals surface area contributed by atoms with Crippen LogP contribution in [0.2, 0.25) is 0 Å². The maximum absolute atomic E-state index is 12.6. The van der Waals surface area contributed by atoms with Crippen LogP contribution in [-0.2, 0) is 22.4 Å². The van der Waals surface area contributed by atoms with Crippen LogP contribution < -0.4 is 20.3 Å². The van der Waals surface area contributed by atoms with Gasteiger partial charge in [0.05, 0.1) is 18.2 Å². The van der Waals surface area contributed by atoms with Crippen molar-refractivity contribution in [3.05, 3.63) is 47.0 Å². The molecule has 2 aromatic rings. The fourth-order valence-corrected chi connectivity index (χ4v) is 5.89. The number of anilines is 2. The lowest BCUT2D eigenvalue weighted by Crippen LogP contribution is -2.42. The van der Waals surface area contributed by atoms with E-state index in [2.05, 4.69) is 27.8 Å². The van der Waals surface area contributed by atoms with Gasteiger partial charge >= 0.3 is 6.09 Å². The van der Waals surface area contributed by atoms with E-state index in [1.165, 1.54) is 11.1 Å². The monoisotopic (exact) mass is 473 g/mol. The molecule has 2 amide bonds. The quantitative estimate of drug-likeness (QED) is 0.701. The molecule has 1 saturated heterocycles. The van der Waals surface area contributed by atoms with Crippen LogP contribution in [0.1, 0.15) is 42.4 Å². The van der Waals surface area contributed by atoms with Crippen LogP contribution in [0.15, 0.2) is 30.3 Å². The molecule has 1 aromatic heterocycles. The summed E-state index contributed by atoms with van der Waals surface area (Å²) in [6, 6.07) is 12.6. The van der Waals surface area contributed by atoms with Crippen LogP contribution in [0.5, 0.6) is 5.75 Å². The molecule has 0 bridgehead atoms. The van der Waals surface area contributed by atoms with E-state index < -0.39 is 6.09 Å². The average Bonchev–Trinajstić information content (AvgIpc) is 3.46. The first-order valence-electron chi connectivity index (χ1n) is 12.3. The third-order valence-corrected chi connectivity index (χ3v) is 7.65. The lowest BCUT2D eigenvalue weighted by Gasteiger charge is -2.33. The van der Waals surface area contributed by atoms with Crippen LogP contribution in [0, 0.1) is 17.2 Å². The Balaban J connectivity index is 1.03. The topological polar surface area (TPSA) is 117 Å². The second kappa shape index (κ2) is 8.86. The van der Waals surface area contributed by atoms with Gasteiger partial charge in [-0.25, -0.2) is 9.78 Å². The van der Waals surface area contributed by atoms with Crippen molar-refractivity contribution in [3.63, 3.8) is 0 Å². The highest BCUT2D eigenvalue weighted by atomic mass is 16.6. The average molecular weight is 474 g/mol. The smallest absolute Gasteiger partial charge is 0.415 e. The highest BCUT2D eigenvalue weighted by Gasteiger charge is 2.40. The van der Waals surface area contributed by atoms with Crippen molar-refractivity contribution < 1.29 is 19.1 Å². The summed E-state index contributed by atoms with van der Waals surface area (Å²) in [5.74, 6) is 1.33. The molecule has 2 aliphatic carbocycles. The Hall–Kier alpha value is -3.64. The van der Waals surface area contributed by atoms with Gasteiger partial charge < -0.3 is 20.1 Å². The van der Waals surface area contributed by atoms with Crippen LogP contribution in [0.25, 0.3) is 0 Å². The van der Waals surface area contributed by atoms with Crippen molar-refractivity contribution in [1.82, 2.24) is 10.3 Å². The number of rotatable bonds is 4. The molecule has 3 heterocycles. The third kappa shape index (κ3) is 4.19. The molecule has 35 heavy (non-hydrogen) atoms. The molecule has 6 rings (SSSR count). The molecule has 0 radical (unpaired) electrons. The number of carbonyl (C=O) groups is 2. The maximum Gasteiger partial charge on any atom is 0.415 e. The van der Waals surface area contributed by atoms with E-state index in [1.54, 1.807) is 17.0 Å². The van der Waals surface area contributed by atoms with E-state index in [4.69, 9.17) is 9.47 Å². The van der Waals surface area contributed by atoms with E-state index in [-0.39, 0.29) is 18.6 Å². The van der Waals surface area contributed by atoms with Crippen molar-refractivity contribution >= 4 is 23.6 Å². The van der Waals surface area contributed by atoms with Gasteiger partial charge in [-0.1, -0.05) is 12.1 Å². The Bertz CT molecular complexity index is 1220. The summed E-state index contributed by atoms with van der Waals surface area (Å²) < 4.78 is 11.1. The molecule has 1 aromatic carbocycles. The molecule has 2 atom stereocenters. The predicted molar refractivity (Wildman–Crippen MR) is 127 cm³/mol. The van der Waals surface area contributed by atoms with Gasteiger partial charge in [-0.05, 0) is 73.8 Å². The van der Waals surface area contributed by atoms with E-state index in [9.17, 15) is 14.9 Å². The van der Waals surface area contributed by atoms with Gasteiger partial charge in [0.15, 0.2) is 18.2 Å². The Morgan fingerprint density at radius 3 is 2.77 bits per heavy atom. The van der Waals surface area contributed by atoms with E-state index in [0.717, 1.165) is 44.1 Å². The molecule has 0 spiro atoms. The number of ether oxygens (including phenoxy) is 2. The number of nitrogens with one attached hydrogen (secondary N) is 2. The number of aromatic nitrogens is 1. The van der Waals surface area contributed by atoms with Crippen LogP contribution in [0.3, 0.4) is 0 Å². The Kier molecular flexibility index (Phi) is 5.53. The van der Waals surface area contributed by atoms with Crippen molar-refractivity contribution in [2.24, 2.45) is 5.92 Å². The largest absolute Gasteiger partial charge is 0.480 e. The fraction of sp³-hybridized carbons (Fsp3) is 0.462. The number of nitrogens with zero attached hydrogens (tertiary/aromatic N) is 3. The van der Waals surface area contributed by atoms with Gasteiger partial charge in [-0.2, -0.15) is 5.26 Å². The molecule has 1 saturated carbocycles. The summed E-state index contributed by atoms with van der Waals surface area (Å²) >= 11 is 0. The van der Waals surface area contributed by atoms with Gasteiger partial charge in [0.2, 0.25) is 0 Å². The molecular formula is C26H27N5O4. The zero-order valence-electron chi connectivity index (χ0n) is 19.3. The maximum atomic E-state index is 12.6. The number of carbonyl (C=O) groups excluding carboxylic acids is 2. The zero-order chi connectivity index (χ0) is 23.9. The Labute approximate surface area is 203 Å². The standard InChI is InChI=1S/C26H27N5O4/c27-12-17-3-1-2-16-10-19(11-20(16)17)28-18-6-4-15(5-7-18)22-13-31(26(33)35-22)23-9-8-21-25(29-23)30-24(32)14-34-21/h1-3,8-9,15,18-19,22,28H,4-7,10-11,13-14H2,(H,29,30,32). The molecule has 4 aliphatic rings. The molecule has 180 valence electrons. The summed E-state index contributed by atoms with van der Waals surface area (Å²) in [5, 5.41) is 15.9. The summed E-state index contributed by atoms with van der Waals surface area (Å²) in [6.45, 7) is 0.422. The van der Waals surface area contributed by atoms with Crippen molar-refractivity contribution in [1.29, 1.82) is 5.26 Å². The van der Waals surface area contributed by atoms with E-state index in [0.29, 0.717) is 41.9 Å². The first kappa shape index (κ1) is 21.9. The third-order valence-electron chi connectivity index (χ3n) is 7.65. The number of cyclic esters (lactones) is 1. The number of amides is 2. The first-order valence-corrected chi connectivity index (χ1v) is 12.3. The van der Waals surface area contributed by atoms with Crippen molar-refractivity contribution in [3.8, 4) is 11.8 Å². The van der Waals surface area contributed by atoms with Crippen LogP contribution in [0.4, 0.5) is 16.4 Å². The summed E-state index contributed by atoms with van der Waals surface area (Å²) in [7, 11) is 0. The molecule has 2 fully saturated rings. The number of nitriles is 1. The molecule has 2 unspecified atom stereocenters. The second-order valence-electron chi connectivity index (χ2n) is 9.82. The Morgan fingerprint density at radius 1 is 1.09 bits per heavy atom. The van der Waals surface area contributed by atoms with E-state index in [1.807, 2.05) is 12.1 Å². The lowest BCUT2D eigenvalue weighted by molar-refractivity contribution is -0.118. The molecule has 9 heteroatoms. The second-order valence-corrected chi connectivity index (χ2v) is 9.82. The number of hydrogen-bond acceptors (Lipinski definition) is 7. The minimum atomic E-state index is -0.400. The lowest BCUT2D eigenvalue weighted by atomic mass is 9.82. The SMILES string of the molecule is N#Cc1cccc2c1CC(NC1CCC(C3CN(c4ccc5c(n4)NC(=O)CO5)C(=O)O3)CC1)C2. The summed E-state index contributed by atoms with van der Waals surface area (Å²) in [5.41, 5.74) is 3.28. The van der Waals surface area contributed by atoms with Gasteiger partial charge in [-0.3, -0.25) is 9.69 Å². The summed E-state index contributed by atoms with van der Waals surface area (Å²) in [4.78, 5) is 30.2. The minimum Gasteiger partial charge on any atom is -0.480 e. The Morgan fingerprint density at radius 2 is 1.94 bits per heavy atom. The van der Waals surface area contributed by atoms with E-state index >= 15 is 0 Å². The van der Waals surface area contributed by atoms with Gasteiger partial charge in [0, 0.05) is 12.1 Å². The highest BCUT2D eigenvalue weighted by molar-refractivity contribution is 5.95. The number of pyridine rings is 1. The number of hydrogen-bond donors (Lipinski definition) is 2. The number of benzene rings is 1. The summed E-state index contributed by atoms with van der Waals surface area (Å²) in [6.07, 6.45) is 5.38. The predicted octanol–water partition coefficient (Wildman–Crippen LogP) is 2.93. The minimum absolute atomic E-state index is 0.0338. The van der Waals surface area contributed by atoms with Crippen molar-refractivity contribution in [2.75, 3.05) is 23.4 Å². The van der Waals surface area contributed by atoms with Crippen LogP contribution >= 0.6 is 0 Å². The van der Waals surface area contributed by atoms with Crippen LogP contribution in [-0.4, -0.2) is 48.3 Å².